The molecule has 1 aromatic carbocycles. The number of para-hydroxylation sites is 1. The van der Waals surface area contributed by atoms with Gasteiger partial charge >= 0.3 is 0 Å². The molecule has 26 heavy (non-hydrogen) atoms. The largest absolute Gasteiger partial charge is 0.354 e. The van der Waals surface area contributed by atoms with Crippen LogP contribution < -0.4 is 4.90 Å². The highest BCUT2D eigenvalue weighted by Gasteiger charge is 2.19. The first kappa shape index (κ1) is 16.9. The number of piperazine rings is 1. The lowest BCUT2D eigenvalue weighted by atomic mass is 10.2. The summed E-state index contributed by atoms with van der Waals surface area (Å²) in [6.07, 6.45) is 3.66. The van der Waals surface area contributed by atoms with Crippen LogP contribution in [0.3, 0.4) is 0 Å². The zero-order chi connectivity index (χ0) is 17.9. The smallest absolute Gasteiger partial charge is 0.203 e. The minimum absolute atomic E-state index is 0.716. The summed E-state index contributed by atoms with van der Waals surface area (Å²) < 4.78 is 4.61. The van der Waals surface area contributed by atoms with Crippen LogP contribution in [-0.4, -0.2) is 50.4 Å². The normalized spacial score (nSPS) is 15.3. The number of rotatable bonds is 4. The summed E-state index contributed by atoms with van der Waals surface area (Å²) in [5.74, 6) is 1.05. The van der Waals surface area contributed by atoms with Crippen molar-refractivity contribution in [3.63, 3.8) is 0 Å². The molecule has 2 aromatic heterocycles. The lowest BCUT2D eigenvalue weighted by Gasteiger charge is -2.35. The lowest BCUT2D eigenvalue weighted by Crippen LogP contribution is -2.47. The summed E-state index contributed by atoms with van der Waals surface area (Å²) in [5, 5.41) is 4.51. The molecule has 1 aliphatic heterocycles. The molecule has 0 bridgehead atoms. The topological polar surface area (TPSA) is 42.1 Å². The fourth-order valence-electron chi connectivity index (χ4n) is 3.28. The van der Waals surface area contributed by atoms with Gasteiger partial charge in [0.15, 0.2) is 0 Å². The maximum Gasteiger partial charge on any atom is 0.203 e. The zero-order valence-corrected chi connectivity index (χ0v) is 15.6. The van der Waals surface area contributed by atoms with Gasteiger partial charge in [-0.05, 0) is 42.9 Å². The molecule has 1 aliphatic rings. The van der Waals surface area contributed by atoms with E-state index in [1.807, 2.05) is 46.0 Å². The van der Waals surface area contributed by atoms with Gasteiger partial charge in [0.1, 0.15) is 12.1 Å². The van der Waals surface area contributed by atoms with Gasteiger partial charge < -0.3 is 4.90 Å². The second-order valence-corrected chi connectivity index (χ2v) is 6.87. The van der Waals surface area contributed by atoms with Crippen LogP contribution in [0.5, 0.6) is 0 Å². The van der Waals surface area contributed by atoms with E-state index >= 15 is 0 Å². The third-order valence-electron chi connectivity index (χ3n) is 4.79. The van der Waals surface area contributed by atoms with E-state index < -0.39 is 0 Å². The van der Waals surface area contributed by atoms with Gasteiger partial charge in [0, 0.05) is 32.4 Å². The maximum absolute atomic E-state index is 5.65. The van der Waals surface area contributed by atoms with Gasteiger partial charge in [0.05, 0.1) is 12.4 Å². The van der Waals surface area contributed by atoms with Crippen LogP contribution in [0.4, 0.5) is 5.82 Å². The van der Waals surface area contributed by atoms with Gasteiger partial charge in [0.2, 0.25) is 4.77 Å². The van der Waals surface area contributed by atoms with E-state index in [9.17, 15) is 0 Å². The number of benzene rings is 1. The van der Waals surface area contributed by atoms with E-state index in [1.54, 1.807) is 0 Å². The van der Waals surface area contributed by atoms with Crippen molar-refractivity contribution < 1.29 is 0 Å². The van der Waals surface area contributed by atoms with Gasteiger partial charge in [-0.1, -0.05) is 24.3 Å². The first-order valence-electron chi connectivity index (χ1n) is 8.81. The molecule has 0 radical (unpaired) electrons. The zero-order valence-electron chi connectivity index (χ0n) is 14.8. The summed E-state index contributed by atoms with van der Waals surface area (Å²) in [4.78, 5) is 9.14. The van der Waals surface area contributed by atoms with Crippen LogP contribution in [0.15, 0.2) is 55.0 Å². The summed E-state index contributed by atoms with van der Waals surface area (Å²) >= 11 is 5.65. The molecule has 4 rings (SSSR count). The fourth-order valence-corrected chi connectivity index (χ4v) is 3.53. The molecule has 0 N–H and O–H groups in total. The van der Waals surface area contributed by atoms with Crippen molar-refractivity contribution in [3.8, 4) is 5.69 Å². The van der Waals surface area contributed by atoms with Crippen LogP contribution in [0.25, 0.3) is 5.69 Å². The average Bonchev–Trinajstić information content (AvgIpc) is 3.04. The highest BCUT2D eigenvalue weighted by Crippen LogP contribution is 2.15. The molecule has 0 aliphatic carbocycles. The Kier molecular flexibility index (Phi) is 4.81. The minimum Gasteiger partial charge on any atom is -0.354 e. The van der Waals surface area contributed by atoms with Crippen molar-refractivity contribution in [3.05, 3.63) is 65.3 Å². The van der Waals surface area contributed by atoms with Gasteiger partial charge in [-0.3, -0.25) is 9.47 Å². The molecule has 3 aromatic rings. The van der Waals surface area contributed by atoms with Crippen LogP contribution in [0.2, 0.25) is 0 Å². The van der Waals surface area contributed by atoms with Crippen molar-refractivity contribution in [2.24, 2.45) is 0 Å². The molecule has 0 amide bonds. The van der Waals surface area contributed by atoms with Crippen molar-refractivity contribution in [1.29, 1.82) is 0 Å². The number of nitrogens with zero attached hydrogens (tertiary/aromatic N) is 6. The first-order valence-corrected chi connectivity index (χ1v) is 9.22. The van der Waals surface area contributed by atoms with E-state index in [2.05, 4.69) is 45.0 Å². The quantitative estimate of drug-likeness (QED) is 0.664. The molecule has 1 saturated heterocycles. The first-order chi connectivity index (χ1) is 12.7. The van der Waals surface area contributed by atoms with Crippen molar-refractivity contribution in [2.45, 2.75) is 13.6 Å². The standard InChI is InChI=1S/C19H22N6S/c1-16-6-2-3-7-17(16)24-14-21-25(19(24)26)15-22-10-12-23(13-11-22)18-8-4-5-9-20-18/h2-9,14H,10-13,15H2,1H3. The molecular weight excluding hydrogens is 344 g/mol. The van der Waals surface area contributed by atoms with Gasteiger partial charge in [-0.25, -0.2) is 9.67 Å². The number of pyridine rings is 1. The lowest BCUT2D eigenvalue weighted by molar-refractivity contribution is 0.194. The van der Waals surface area contributed by atoms with Crippen molar-refractivity contribution in [1.82, 2.24) is 24.2 Å². The van der Waals surface area contributed by atoms with Gasteiger partial charge in [-0.2, -0.15) is 5.10 Å². The Morgan fingerprint density at radius 2 is 1.77 bits per heavy atom. The number of anilines is 1. The Labute approximate surface area is 158 Å². The third-order valence-corrected chi connectivity index (χ3v) is 5.20. The van der Waals surface area contributed by atoms with Crippen LogP contribution in [-0.2, 0) is 6.67 Å². The Balaban J connectivity index is 1.43. The van der Waals surface area contributed by atoms with Crippen LogP contribution in [0, 0.1) is 11.7 Å². The Bertz CT molecular complexity index is 924. The summed E-state index contributed by atoms with van der Waals surface area (Å²) in [7, 11) is 0. The maximum atomic E-state index is 5.65. The number of hydrogen-bond acceptors (Lipinski definition) is 5. The van der Waals surface area contributed by atoms with Crippen LogP contribution in [0.1, 0.15) is 5.56 Å². The molecule has 0 unspecified atom stereocenters. The molecule has 7 heteroatoms. The summed E-state index contributed by atoms with van der Waals surface area (Å²) in [6.45, 7) is 6.66. The highest BCUT2D eigenvalue weighted by atomic mass is 32.1. The average molecular weight is 366 g/mol. The van der Waals surface area contributed by atoms with Gasteiger partial charge in [0.25, 0.3) is 0 Å². The highest BCUT2D eigenvalue weighted by molar-refractivity contribution is 7.71. The molecule has 0 spiro atoms. The summed E-state index contributed by atoms with van der Waals surface area (Å²) in [5.41, 5.74) is 2.27. The molecule has 134 valence electrons. The van der Waals surface area contributed by atoms with E-state index in [-0.39, 0.29) is 0 Å². The second kappa shape index (κ2) is 7.39. The Hall–Kier alpha value is -2.51. The number of aromatic nitrogens is 4. The monoisotopic (exact) mass is 366 g/mol. The second-order valence-electron chi connectivity index (χ2n) is 6.50. The molecular formula is C19H22N6S. The predicted octanol–water partition coefficient (Wildman–Crippen LogP) is 2.89. The molecule has 0 saturated carbocycles. The van der Waals surface area contributed by atoms with E-state index in [0.717, 1.165) is 42.5 Å². The van der Waals surface area contributed by atoms with Crippen LogP contribution >= 0.6 is 12.2 Å². The summed E-state index contributed by atoms with van der Waals surface area (Å²) in [6, 6.07) is 14.3. The number of aryl methyl sites for hydroxylation is 1. The fraction of sp³-hybridized carbons (Fsp3) is 0.316. The van der Waals surface area contributed by atoms with E-state index in [0.29, 0.717) is 6.67 Å². The Morgan fingerprint density at radius 1 is 1.00 bits per heavy atom. The Morgan fingerprint density at radius 3 is 2.50 bits per heavy atom. The molecule has 3 heterocycles. The molecule has 1 fully saturated rings. The molecule has 0 atom stereocenters. The predicted molar refractivity (Wildman–Crippen MR) is 105 cm³/mol. The molecule has 6 nitrogen and oxygen atoms in total. The van der Waals surface area contributed by atoms with E-state index in [4.69, 9.17) is 12.2 Å². The third kappa shape index (κ3) is 3.40. The SMILES string of the molecule is Cc1ccccc1-n1cnn(CN2CCN(c3ccccn3)CC2)c1=S. The van der Waals surface area contributed by atoms with E-state index in [1.165, 1.54) is 5.56 Å². The van der Waals surface area contributed by atoms with Crippen molar-refractivity contribution in [2.75, 3.05) is 31.1 Å². The minimum atomic E-state index is 0.716. The van der Waals surface area contributed by atoms with Crippen molar-refractivity contribution >= 4 is 18.0 Å². The number of hydrogen-bond donors (Lipinski definition) is 0. The van der Waals surface area contributed by atoms with Gasteiger partial charge in [-0.15, -0.1) is 0 Å².